The van der Waals surface area contributed by atoms with Crippen LogP contribution >= 0.6 is 0 Å². The van der Waals surface area contributed by atoms with Gasteiger partial charge < -0.3 is 5.32 Å². The van der Waals surface area contributed by atoms with Crippen molar-refractivity contribution in [2.75, 3.05) is 12.3 Å². The molecule has 1 heterocycles. The molecule has 1 N–H and O–H groups in total. The zero-order chi connectivity index (χ0) is 15.7. The van der Waals surface area contributed by atoms with Crippen molar-refractivity contribution in [3.8, 4) is 0 Å². The van der Waals surface area contributed by atoms with Gasteiger partial charge in [-0.2, -0.15) is 0 Å². The zero-order valence-electron chi connectivity index (χ0n) is 11.8. The molecular weight excluding hydrogens is 307 g/mol. The van der Waals surface area contributed by atoms with Gasteiger partial charge >= 0.3 is 0 Å². The summed E-state index contributed by atoms with van der Waals surface area (Å²) in [4.78, 5) is 16.2. The molecule has 0 aliphatic heterocycles. The lowest BCUT2D eigenvalue weighted by atomic mass is 10.1. The summed E-state index contributed by atoms with van der Waals surface area (Å²) < 4.78 is 37.2. The van der Waals surface area contributed by atoms with Crippen molar-refractivity contribution >= 4 is 26.6 Å². The maximum absolute atomic E-state index is 13.7. The van der Waals surface area contributed by atoms with E-state index in [1.165, 1.54) is 18.3 Å². The predicted molar refractivity (Wildman–Crippen MR) is 80.8 cm³/mol. The molecule has 7 heteroatoms. The summed E-state index contributed by atoms with van der Waals surface area (Å²) in [5.74, 6) is -0.971. The molecule has 1 aromatic carbocycles. The first kappa shape index (κ1) is 14.9. The number of rotatable bonds is 5. The fourth-order valence-electron chi connectivity index (χ4n) is 2.32. The van der Waals surface area contributed by atoms with Crippen molar-refractivity contribution in [3.63, 3.8) is 0 Å². The second kappa shape index (κ2) is 5.64. The zero-order valence-corrected chi connectivity index (χ0v) is 12.6. The summed E-state index contributed by atoms with van der Waals surface area (Å²) in [7, 11) is -3.10. The van der Waals surface area contributed by atoms with E-state index in [9.17, 15) is 17.6 Å². The Morgan fingerprint density at radius 3 is 2.82 bits per heavy atom. The third-order valence-electron chi connectivity index (χ3n) is 3.67. The molecule has 0 radical (unpaired) electrons. The van der Waals surface area contributed by atoms with E-state index in [-0.39, 0.29) is 34.0 Å². The number of hydrogen-bond acceptors (Lipinski definition) is 4. The van der Waals surface area contributed by atoms with Crippen molar-refractivity contribution < 1.29 is 17.6 Å². The van der Waals surface area contributed by atoms with Crippen LogP contribution in [0.15, 0.2) is 30.5 Å². The van der Waals surface area contributed by atoms with E-state index >= 15 is 0 Å². The van der Waals surface area contributed by atoms with Crippen LogP contribution in [0.2, 0.25) is 0 Å². The molecule has 3 rings (SSSR count). The molecule has 5 nitrogen and oxygen atoms in total. The Hall–Kier alpha value is -2.02. The third-order valence-corrected chi connectivity index (χ3v) is 5.93. The number of carbonyl (C=O) groups excluding carboxylic acids is 1. The van der Waals surface area contributed by atoms with Crippen molar-refractivity contribution in [1.82, 2.24) is 10.3 Å². The van der Waals surface area contributed by atoms with Gasteiger partial charge in [-0.3, -0.25) is 9.78 Å². The summed E-state index contributed by atoms with van der Waals surface area (Å²) in [6, 6.07) is 5.70. The molecule has 2 aromatic rings. The summed E-state index contributed by atoms with van der Waals surface area (Å²) in [5.41, 5.74) is 0.505. The van der Waals surface area contributed by atoms with Gasteiger partial charge in [0.15, 0.2) is 9.84 Å². The van der Waals surface area contributed by atoms with Gasteiger partial charge in [-0.05, 0) is 37.1 Å². The highest BCUT2D eigenvalue weighted by Gasteiger charge is 2.35. The number of amides is 1. The molecule has 22 heavy (non-hydrogen) atoms. The number of nitrogens with zero attached hydrogens (tertiary/aromatic N) is 1. The number of sulfone groups is 1. The van der Waals surface area contributed by atoms with Crippen LogP contribution in [0.3, 0.4) is 0 Å². The lowest BCUT2D eigenvalue weighted by molar-refractivity contribution is 0.0957. The molecule has 0 bridgehead atoms. The number of aromatic nitrogens is 1. The molecule has 0 spiro atoms. The van der Waals surface area contributed by atoms with E-state index in [2.05, 4.69) is 10.3 Å². The molecular formula is C15H15FN2O3S. The molecule has 1 aliphatic carbocycles. The van der Waals surface area contributed by atoms with Crippen molar-refractivity contribution in [2.45, 2.75) is 18.1 Å². The van der Waals surface area contributed by atoms with Crippen molar-refractivity contribution in [3.05, 3.63) is 41.8 Å². The van der Waals surface area contributed by atoms with Crippen LogP contribution in [0, 0.1) is 5.82 Å². The van der Waals surface area contributed by atoms with Gasteiger partial charge in [-0.1, -0.05) is 0 Å². The second-order valence-electron chi connectivity index (χ2n) is 5.32. The molecule has 0 unspecified atom stereocenters. The van der Waals surface area contributed by atoms with Crippen molar-refractivity contribution in [2.24, 2.45) is 0 Å². The number of nitrogens with one attached hydrogen (secondary N) is 1. The van der Waals surface area contributed by atoms with Gasteiger partial charge in [-0.25, -0.2) is 12.8 Å². The topological polar surface area (TPSA) is 76.1 Å². The van der Waals surface area contributed by atoms with Crippen LogP contribution in [0.1, 0.15) is 23.2 Å². The first-order chi connectivity index (χ1) is 10.5. The monoisotopic (exact) mass is 322 g/mol. The Bertz CT molecular complexity index is 832. The van der Waals surface area contributed by atoms with Gasteiger partial charge in [-0.15, -0.1) is 0 Å². The quantitative estimate of drug-likeness (QED) is 0.909. The number of halogens is 1. The minimum absolute atomic E-state index is 0.0450. The van der Waals surface area contributed by atoms with Gasteiger partial charge in [0.1, 0.15) is 5.82 Å². The maximum atomic E-state index is 13.7. The van der Waals surface area contributed by atoms with Crippen LogP contribution in [0.4, 0.5) is 4.39 Å². The summed E-state index contributed by atoms with van der Waals surface area (Å²) in [6.07, 6.45) is 2.90. The smallest absolute Gasteiger partial charge is 0.253 e. The first-order valence-corrected chi connectivity index (χ1v) is 8.73. The molecule has 0 saturated heterocycles. The Labute approximate surface area is 127 Å². The fourth-order valence-corrected chi connectivity index (χ4v) is 3.89. The standard InChI is InChI=1S/C15H15FN2O3S/c16-13-6-5-12(14-11(13)2-1-7-17-14)15(19)18-8-9-22(20,21)10-3-4-10/h1-2,5-7,10H,3-4,8-9H2,(H,18,19). The molecule has 1 amide bonds. The third kappa shape index (κ3) is 2.94. The number of carbonyl (C=O) groups is 1. The summed E-state index contributed by atoms with van der Waals surface area (Å²) in [6.45, 7) is 0.0450. The predicted octanol–water partition coefficient (Wildman–Crippen LogP) is 1.68. The highest BCUT2D eigenvalue weighted by atomic mass is 32.2. The van der Waals surface area contributed by atoms with E-state index in [4.69, 9.17) is 0 Å². The highest BCUT2D eigenvalue weighted by molar-refractivity contribution is 7.92. The Morgan fingerprint density at radius 1 is 1.32 bits per heavy atom. The average molecular weight is 322 g/mol. The maximum Gasteiger partial charge on any atom is 0.253 e. The largest absolute Gasteiger partial charge is 0.351 e. The molecule has 116 valence electrons. The SMILES string of the molecule is O=C(NCCS(=O)(=O)C1CC1)c1ccc(F)c2cccnc12. The van der Waals surface area contributed by atoms with Crippen LogP contribution in [0.25, 0.3) is 10.9 Å². The van der Waals surface area contributed by atoms with E-state index in [1.54, 1.807) is 12.1 Å². The number of benzene rings is 1. The van der Waals surface area contributed by atoms with E-state index < -0.39 is 21.6 Å². The minimum Gasteiger partial charge on any atom is -0.351 e. The minimum atomic E-state index is -3.10. The lowest BCUT2D eigenvalue weighted by Crippen LogP contribution is -2.30. The molecule has 0 atom stereocenters. The van der Waals surface area contributed by atoms with Gasteiger partial charge in [0.25, 0.3) is 5.91 Å². The second-order valence-corrected chi connectivity index (χ2v) is 7.72. The Kier molecular flexibility index (Phi) is 3.82. The van der Waals surface area contributed by atoms with Gasteiger partial charge in [0.2, 0.25) is 0 Å². The first-order valence-electron chi connectivity index (χ1n) is 7.02. The normalized spacial score (nSPS) is 15.0. The van der Waals surface area contributed by atoms with E-state index in [0.717, 1.165) is 0 Å². The molecule has 1 saturated carbocycles. The fraction of sp³-hybridized carbons (Fsp3) is 0.333. The summed E-state index contributed by atoms with van der Waals surface area (Å²) in [5, 5.41) is 2.60. The molecule has 1 fully saturated rings. The highest BCUT2D eigenvalue weighted by Crippen LogP contribution is 2.28. The van der Waals surface area contributed by atoms with Crippen LogP contribution < -0.4 is 5.32 Å². The number of hydrogen-bond donors (Lipinski definition) is 1. The Morgan fingerprint density at radius 2 is 2.09 bits per heavy atom. The lowest BCUT2D eigenvalue weighted by Gasteiger charge is -2.08. The number of pyridine rings is 1. The van der Waals surface area contributed by atoms with E-state index in [1.807, 2.05) is 0 Å². The number of fused-ring (bicyclic) bond motifs is 1. The van der Waals surface area contributed by atoms with E-state index in [0.29, 0.717) is 12.8 Å². The van der Waals surface area contributed by atoms with Crippen molar-refractivity contribution in [1.29, 1.82) is 0 Å². The molecule has 1 aromatic heterocycles. The average Bonchev–Trinajstić information content (AvgIpc) is 3.33. The summed E-state index contributed by atoms with van der Waals surface area (Å²) >= 11 is 0. The Balaban J connectivity index is 1.74. The van der Waals surface area contributed by atoms with Crippen LogP contribution in [-0.2, 0) is 9.84 Å². The van der Waals surface area contributed by atoms with Crippen LogP contribution in [0.5, 0.6) is 0 Å². The van der Waals surface area contributed by atoms with Gasteiger partial charge in [0.05, 0.1) is 22.1 Å². The van der Waals surface area contributed by atoms with Gasteiger partial charge in [0, 0.05) is 18.1 Å². The van der Waals surface area contributed by atoms with Crippen LogP contribution in [-0.4, -0.2) is 36.9 Å². The molecule has 1 aliphatic rings.